The lowest BCUT2D eigenvalue weighted by molar-refractivity contribution is -0.130. The molecule has 2 heterocycles. The highest BCUT2D eigenvalue weighted by Gasteiger charge is 2.23. The van der Waals surface area contributed by atoms with Gasteiger partial charge in [0.25, 0.3) is 0 Å². The molecule has 4 nitrogen and oxygen atoms in total. The lowest BCUT2D eigenvalue weighted by atomic mass is 10.3. The zero-order valence-electron chi connectivity index (χ0n) is 10.3. The minimum absolute atomic E-state index is 0.153. The average molecular weight is 266 g/mol. The lowest BCUT2D eigenvalue weighted by Crippen LogP contribution is -2.29. The van der Waals surface area contributed by atoms with Crippen LogP contribution in [0.15, 0.2) is 24.4 Å². The van der Waals surface area contributed by atoms with E-state index in [-0.39, 0.29) is 12.0 Å². The normalized spacial score (nSPS) is 19.2. The molecule has 0 saturated carbocycles. The fraction of sp³-hybridized carbons (Fsp3) is 0.538. The number of pyridine rings is 1. The molecule has 1 aromatic heterocycles. The van der Waals surface area contributed by atoms with Gasteiger partial charge in [-0.15, -0.1) is 0 Å². The summed E-state index contributed by atoms with van der Waals surface area (Å²) in [6.07, 6.45) is 2.72. The predicted octanol–water partition coefficient (Wildman–Crippen LogP) is 1.30. The first-order valence-corrected chi connectivity index (χ1v) is 7.34. The van der Waals surface area contributed by atoms with Crippen LogP contribution in [0.4, 0.5) is 0 Å². The van der Waals surface area contributed by atoms with Crippen LogP contribution in [0.25, 0.3) is 0 Å². The molecule has 2 rings (SSSR count). The Hall–Kier alpha value is -1.07. The summed E-state index contributed by atoms with van der Waals surface area (Å²) in [7, 11) is 0. The highest BCUT2D eigenvalue weighted by Crippen LogP contribution is 2.14. The van der Waals surface area contributed by atoms with Crippen molar-refractivity contribution in [1.29, 1.82) is 0 Å². The van der Waals surface area contributed by atoms with Gasteiger partial charge in [0.15, 0.2) is 0 Å². The van der Waals surface area contributed by atoms with E-state index in [2.05, 4.69) is 4.98 Å². The monoisotopic (exact) mass is 266 g/mol. The number of aliphatic hydroxyl groups excluding tert-OH is 1. The number of aromatic nitrogens is 1. The minimum Gasteiger partial charge on any atom is -0.391 e. The van der Waals surface area contributed by atoms with Gasteiger partial charge in [-0.05, 0) is 18.6 Å². The van der Waals surface area contributed by atoms with Gasteiger partial charge >= 0.3 is 0 Å². The van der Waals surface area contributed by atoms with Crippen LogP contribution >= 0.6 is 11.8 Å². The van der Waals surface area contributed by atoms with Gasteiger partial charge in [-0.2, -0.15) is 11.8 Å². The van der Waals surface area contributed by atoms with Crippen molar-refractivity contribution in [3.05, 3.63) is 30.1 Å². The van der Waals surface area contributed by atoms with Gasteiger partial charge < -0.3 is 10.0 Å². The number of thioether (sulfide) groups is 1. The third kappa shape index (κ3) is 3.99. The summed E-state index contributed by atoms with van der Waals surface area (Å²) in [6, 6.07) is 5.86. The van der Waals surface area contributed by atoms with E-state index in [4.69, 9.17) is 0 Å². The Kier molecular flexibility index (Phi) is 5.01. The largest absolute Gasteiger partial charge is 0.391 e. The summed E-state index contributed by atoms with van der Waals surface area (Å²) in [5.41, 5.74) is 1.05. The first-order chi connectivity index (χ1) is 8.75. The van der Waals surface area contributed by atoms with Crippen LogP contribution in [-0.2, 0) is 10.5 Å². The van der Waals surface area contributed by atoms with E-state index in [1.54, 1.807) is 22.9 Å². The number of hydrogen-bond acceptors (Lipinski definition) is 4. The highest BCUT2D eigenvalue weighted by atomic mass is 32.2. The van der Waals surface area contributed by atoms with Gasteiger partial charge in [-0.1, -0.05) is 6.07 Å². The number of aliphatic hydroxyl groups is 1. The Morgan fingerprint density at radius 1 is 1.56 bits per heavy atom. The average Bonchev–Trinajstić information content (AvgIpc) is 2.82. The second-order valence-electron chi connectivity index (χ2n) is 4.41. The molecule has 1 aromatic rings. The fourth-order valence-corrected chi connectivity index (χ4v) is 2.79. The number of likely N-dealkylation sites (tertiary alicyclic amines) is 1. The third-order valence-corrected chi connectivity index (χ3v) is 3.95. The van der Waals surface area contributed by atoms with Crippen molar-refractivity contribution >= 4 is 17.7 Å². The molecule has 1 saturated heterocycles. The summed E-state index contributed by atoms with van der Waals surface area (Å²) in [4.78, 5) is 17.8. The molecule has 1 amide bonds. The lowest BCUT2D eigenvalue weighted by Gasteiger charge is -2.14. The summed E-state index contributed by atoms with van der Waals surface area (Å²) in [6.45, 7) is 1.20. The topological polar surface area (TPSA) is 53.4 Å². The van der Waals surface area contributed by atoms with Crippen molar-refractivity contribution in [2.75, 3.05) is 18.8 Å². The second kappa shape index (κ2) is 6.75. The molecule has 1 N–H and O–H groups in total. The molecule has 0 radical (unpaired) electrons. The molecular weight excluding hydrogens is 248 g/mol. The van der Waals surface area contributed by atoms with Gasteiger partial charge in [-0.25, -0.2) is 0 Å². The van der Waals surface area contributed by atoms with Gasteiger partial charge in [-0.3, -0.25) is 9.78 Å². The van der Waals surface area contributed by atoms with E-state index >= 15 is 0 Å². The van der Waals surface area contributed by atoms with E-state index in [0.717, 1.165) is 17.2 Å². The zero-order chi connectivity index (χ0) is 12.8. The van der Waals surface area contributed by atoms with Gasteiger partial charge in [0, 0.05) is 37.2 Å². The molecule has 1 aliphatic heterocycles. The molecule has 0 aliphatic carbocycles. The summed E-state index contributed by atoms with van der Waals surface area (Å²) < 4.78 is 0. The Morgan fingerprint density at radius 2 is 2.44 bits per heavy atom. The first kappa shape index (κ1) is 13.4. The molecule has 1 aliphatic rings. The zero-order valence-corrected chi connectivity index (χ0v) is 11.1. The Bertz CT molecular complexity index is 386. The molecule has 0 aromatic carbocycles. The van der Waals surface area contributed by atoms with Gasteiger partial charge in [0.05, 0.1) is 11.8 Å². The fourth-order valence-electron chi connectivity index (χ4n) is 1.95. The van der Waals surface area contributed by atoms with Crippen molar-refractivity contribution in [2.45, 2.75) is 24.7 Å². The van der Waals surface area contributed by atoms with E-state index in [1.807, 2.05) is 18.2 Å². The van der Waals surface area contributed by atoms with Crippen molar-refractivity contribution in [3.8, 4) is 0 Å². The molecule has 0 bridgehead atoms. The molecule has 0 unspecified atom stereocenters. The van der Waals surface area contributed by atoms with Gasteiger partial charge in [0.1, 0.15) is 0 Å². The Morgan fingerprint density at radius 3 is 3.11 bits per heavy atom. The Balaban J connectivity index is 1.62. The minimum atomic E-state index is -0.324. The number of rotatable bonds is 5. The Labute approximate surface area is 111 Å². The maximum atomic E-state index is 11.8. The van der Waals surface area contributed by atoms with Crippen molar-refractivity contribution in [2.24, 2.45) is 0 Å². The molecule has 0 spiro atoms. The predicted molar refractivity (Wildman–Crippen MR) is 72.2 cm³/mol. The van der Waals surface area contributed by atoms with Crippen LogP contribution in [0, 0.1) is 0 Å². The third-order valence-electron chi connectivity index (χ3n) is 2.95. The van der Waals surface area contributed by atoms with E-state index in [1.165, 1.54) is 0 Å². The number of β-amino-alcohol motifs (C(OH)–C–C–N with tert-alkyl or cyclic N) is 1. The SMILES string of the molecule is O=C(CCSCc1ccccn1)N1CC[C@@H](O)C1. The van der Waals surface area contributed by atoms with Crippen molar-refractivity contribution in [3.63, 3.8) is 0 Å². The van der Waals surface area contributed by atoms with Crippen LogP contribution in [0.2, 0.25) is 0 Å². The maximum absolute atomic E-state index is 11.8. The van der Waals surface area contributed by atoms with Crippen molar-refractivity contribution < 1.29 is 9.90 Å². The summed E-state index contributed by atoms with van der Waals surface area (Å²) in [5.74, 6) is 1.80. The number of carbonyl (C=O) groups is 1. The molecule has 1 atom stereocenters. The van der Waals surface area contributed by atoms with E-state index < -0.39 is 0 Å². The quantitative estimate of drug-likeness (QED) is 0.816. The first-order valence-electron chi connectivity index (χ1n) is 6.19. The smallest absolute Gasteiger partial charge is 0.223 e. The highest BCUT2D eigenvalue weighted by molar-refractivity contribution is 7.98. The van der Waals surface area contributed by atoms with Crippen LogP contribution in [-0.4, -0.2) is 45.8 Å². The van der Waals surface area contributed by atoms with Crippen LogP contribution in [0.3, 0.4) is 0 Å². The van der Waals surface area contributed by atoms with Crippen molar-refractivity contribution in [1.82, 2.24) is 9.88 Å². The van der Waals surface area contributed by atoms with E-state index in [9.17, 15) is 9.90 Å². The van der Waals surface area contributed by atoms with E-state index in [0.29, 0.717) is 25.9 Å². The number of nitrogens with zero attached hydrogens (tertiary/aromatic N) is 2. The van der Waals surface area contributed by atoms with Crippen LogP contribution in [0.5, 0.6) is 0 Å². The molecular formula is C13H18N2O2S. The molecule has 18 heavy (non-hydrogen) atoms. The number of hydrogen-bond donors (Lipinski definition) is 1. The molecule has 5 heteroatoms. The standard InChI is InChI=1S/C13H18N2O2S/c16-12-4-7-15(9-12)13(17)5-8-18-10-11-3-1-2-6-14-11/h1-3,6,12,16H,4-5,7-10H2/t12-/m1/s1. The molecule has 98 valence electrons. The maximum Gasteiger partial charge on any atom is 0.223 e. The second-order valence-corrected chi connectivity index (χ2v) is 5.51. The number of carbonyl (C=O) groups excluding carboxylic acids is 1. The summed E-state index contributed by atoms with van der Waals surface area (Å²) >= 11 is 1.72. The van der Waals surface area contributed by atoms with Gasteiger partial charge in [0.2, 0.25) is 5.91 Å². The summed E-state index contributed by atoms with van der Waals surface area (Å²) in [5, 5.41) is 9.36. The molecule has 1 fully saturated rings. The van der Waals surface area contributed by atoms with Crippen LogP contribution in [0.1, 0.15) is 18.5 Å². The number of amides is 1. The van der Waals surface area contributed by atoms with Crippen LogP contribution < -0.4 is 0 Å².